The van der Waals surface area contributed by atoms with Crippen molar-refractivity contribution >= 4 is 17.4 Å². The van der Waals surface area contributed by atoms with Crippen LogP contribution in [0, 0.1) is 18.8 Å². The minimum Gasteiger partial charge on any atom is -0.299 e. The van der Waals surface area contributed by atoms with Crippen molar-refractivity contribution in [1.29, 1.82) is 0 Å². The van der Waals surface area contributed by atoms with Crippen LogP contribution in [-0.2, 0) is 17.8 Å². The smallest absolute Gasteiger partial charge is 0.141 e. The summed E-state index contributed by atoms with van der Waals surface area (Å²) in [5.74, 6) is 1.08. The van der Waals surface area contributed by atoms with Crippen LogP contribution in [0.2, 0.25) is 5.02 Å². The Hall–Kier alpha value is -0.830. The zero-order chi connectivity index (χ0) is 12.6. The van der Waals surface area contributed by atoms with E-state index in [1.165, 1.54) is 12.8 Å². The van der Waals surface area contributed by atoms with Crippen molar-refractivity contribution in [2.75, 3.05) is 0 Å². The molecule has 1 fully saturated rings. The van der Waals surface area contributed by atoms with Crippen molar-refractivity contribution in [3.05, 3.63) is 16.4 Å². The van der Waals surface area contributed by atoms with E-state index in [1.54, 1.807) is 0 Å². The summed E-state index contributed by atoms with van der Waals surface area (Å²) in [6, 6.07) is 0. The van der Waals surface area contributed by atoms with Crippen LogP contribution >= 0.6 is 11.6 Å². The van der Waals surface area contributed by atoms with Crippen LogP contribution in [0.1, 0.15) is 38.1 Å². The number of Topliss-reactive ketones (excluding diaryl/α,β-unsaturated/α-hetero) is 1. The van der Waals surface area contributed by atoms with Gasteiger partial charge in [0.15, 0.2) is 0 Å². The lowest BCUT2D eigenvalue weighted by Crippen LogP contribution is -2.18. The van der Waals surface area contributed by atoms with Crippen LogP contribution in [0.15, 0.2) is 0 Å². The fourth-order valence-electron chi connectivity index (χ4n) is 2.22. The molecule has 2 rings (SSSR count). The fraction of sp³-hybridized carbons (Fsp3) is 0.692. The molecule has 3 nitrogen and oxygen atoms in total. The molecule has 4 heteroatoms. The average Bonchev–Trinajstić information content (AvgIpc) is 3.11. The minimum absolute atomic E-state index is 0.173. The van der Waals surface area contributed by atoms with Gasteiger partial charge in [-0.15, -0.1) is 0 Å². The van der Waals surface area contributed by atoms with Gasteiger partial charge in [-0.05, 0) is 32.6 Å². The SMILES string of the molecule is CCn1nc(C)c(Cl)c1CC(=O)C(C)C1CC1. The number of carbonyl (C=O) groups is 1. The van der Waals surface area contributed by atoms with Crippen LogP contribution in [0.25, 0.3) is 0 Å². The van der Waals surface area contributed by atoms with Gasteiger partial charge in [0.05, 0.1) is 22.8 Å². The summed E-state index contributed by atoms with van der Waals surface area (Å²) < 4.78 is 1.84. The monoisotopic (exact) mass is 254 g/mol. The molecule has 0 spiro atoms. The molecule has 0 N–H and O–H groups in total. The zero-order valence-electron chi connectivity index (χ0n) is 10.7. The summed E-state index contributed by atoms with van der Waals surface area (Å²) in [5.41, 5.74) is 1.69. The van der Waals surface area contributed by atoms with Crippen molar-refractivity contribution in [1.82, 2.24) is 9.78 Å². The molecule has 1 atom stereocenters. The Bertz CT molecular complexity index is 435. The van der Waals surface area contributed by atoms with Crippen LogP contribution in [0.4, 0.5) is 0 Å². The maximum Gasteiger partial charge on any atom is 0.141 e. The lowest BCUT2D eigenvalue weighted by atomic mass is 9.97. The van der Waals surface area contributed by atoms with E-state index < -0.39 is 0 Å². The number of carbonyl (C=O) groups excluding carboxylic acids is 1. The highest BCUT2D eigenvalue weighted by atomic mass is 35.5. The predicted octanol–water partition coefficient (Wildman–Crippen LogP) is 3.02. The molecule has 0 bridgehead atoms. The van der Waals surface area contributed by atoms with Crippen LogP contribution in [0.3, 0.4) is 0 Å². The third kappa shape index (κ3) is 2.54. The summed E-state index contributed by atoms with van der Waals surface area (Å²) in [7, 11) is 0. The highest BCUT2D eigenvalue weighted by Crippen LogP contribution is 2.37. The molecule has 0 aliphatic heterocycles. The summed E-state index contributed by atoms with van der Waals surface area (Å²) >= 11 is 6.20. The number of aryl methyl sites for hydroxylation is 2. The summed E-state index contributed by atoms with van der Waals surface area (Å²) in [6.07, 6.45) is 2.82. The van der Waals surface area contributed by atoms with Gasteiger partial charge < -0.3 is 0 Å². The maximum atomic E-state index is 12.1. The molecule has 0 amide bonds. The molecule has 1 aliphatic rings. The van der Waals surface area contributed by atoms with Crippen molar-refractivity contribution < 1.29 is 4.79 Å². The average molecular weight is 255 g/mol. The first-order valence-corrected chi connectivity index (χ1v) is 6.66. The molecule has 1 saturated carbocycles. The van der Waals surface area contributed by atoms with Gasteiger partial charge in [-0.25, -0.2) is 0 Å². The quantitative estimate of drug-likeness (QED) is 0.810. The lowest BCUT2D eigenvalue weighted by molar-refractivity contribution is -0.122. The molecule has 1 aromatic rings. The number of hydrogen-bond acceptors (Lipinski definition) is 2. The van der Waals surface area contributed by atoms with Gasteiger partial charge in [0.2, 0.25) is 0 Å². The van der Waals surface area contributed by atoms with Gasteiger partial charge >= 0.3 is 0 Å². The Kier molecular flexibility index (Phi) is 3.57. The van der Waals surface area contributed by atoms with Gasteiger partial charge in [-0.3, -0.25) is 9.48 Å². The highest BCUT2D eigenvalue weighted by molar-refractivity contribution is 6.32. The molecule has 0 saturated heterocycles. The van der Waals surface area contributed by atoms with Crippen molar-refractivity contribution in [2.24, 2.45) is 11.8 Å². The van der Waals surface area contributed by atoms with Gasteiger partial charge in [0.25, 0.3) is 0 Å². The highest BCUT2D eigenvalue weighted by Gasteiger charge is 2.33. The van der Waals surface area contributed by atoms with Gasteiger partial charge in [0, 0.05) is 12.5 Å². The second-order valence-electron chi connectivity index (χ2n) is 4.93. The van der Waals surface area contributed by atoms with E-state index >= 15 is 0 Å². The van der Waals surface area contributed by atoms with E-state index in [-0.39, 0.29) is 5.92 Å². The normalized spacial score (nSPS) is 17.2. The first-order chi connectivity index (χ1) is 8.04. The van der Waals surface area contributed by atoms with Gasteiger partial charge in [0.1, 0.15) is 5.78 Å². The second-order valence-corrected chi connectivity index (χ2v) is 5.31. The molecule has 1 aromatic heterocycles. The zero-order valence-corrected chi connectivity index (χ0v) is 11.4. The topological polar surface area (TPSA) is 34.9 Å². The van der Waals surface area contributed by atoms with Crippen LogP contribution in [0.5, 0.6) is 0 Å². The first-order valence-electron chi connectivity index (χ1n) is 6.29. The molecule has 94 valence electrons. The van der Waals surface area contributed by atoms with Crippen LogP contribution < -0.4 is 0 Å². The number of rotatable bonds is 5. The second kappa shape index (κ2) is 4.81. The number of aromatic nitrogens is 2. The molecule has 1 aliphatic carbocycles. The molecular weight excluding hydrogens is 236 g/mol. The van der Waals surface area contributed by atoms with E-state index in [0.29, 0.717) is 23.1 Å². The van der Waals surface area contributed by atoms with E-state index in [9.17, 15) is 4.79 Å². The van der Waals surface area contributed by atoms with Crippen LogP contribution in [-0.4, -0.2) is 15.6 Å². The molecule has 1 unspecified atom stereocenters. The third-order valence-electron chi connectivity index (χ3n) is 3.63. The summed E-state index contributed by atoms with van der Waals surface area (Å²) in [4.78, 5) is 12.1. The minimum atomic E-state index is 0.173. The Morgan fingerprint density at radius 1 is 1.59 bits per heavy atom. The molecular formula is C13H19ClN2O. The van der Waals surface area contributed by atoms with E-state index in [4.69, 9.17) is 11.6 Å². The Morgan fingerprint density at radius 3 is 2.76 bits per heavy atom. The molecule has 1 heterocycles. The van der Waals surface area contributed by atoms with Gasteiger partial charge in [-0.1, -0.05) is 18.5 Å². The predicted molar refractivity (Wildman–Crippen MR) is 68.2 cm³/mol. The van der Waals surface area contributed by atoms with E-state index in [2.05, 4.69) is 5.10 Å². The maximum absolute atomic E-state index is 12.1. The molecule has 0 radical (unpaired) electrons. The fourth-order valence-corrected chi connectivity index (χ4v) is 2.43. The summed E-state index contributed by atoms with van der Waals surface area (Å²) in [5, 5.41) is 4.99. The lowest BCUT2D eigenvalue weighted by Gasteiger charge is -2.10. The van der Waals surface area contributed by atoms with Crippen molar-refractivity contribution in [3.8, 4) is 0 Å². The third-order valence-corrected chi connectivity index (χ3v) is 4.12. The molecule has 0 aromatic carbocycles. The van der Waals surface area contributed by atoms with Gasteiger partial charge in [-0.2, -0.15) is 5.10 Å². The largest absolute Gasteiger partial charge is 0.299 e. The molecule has 17 heavy (non-hydrogen) atoms. The first kappa shape index (κ1) is 12.6. The standard InChI is InChI=1S/C13H19ClN2O/c1-4-16-11(13(14)9(3)15-16)7-12(17)8(2)10-5-6-10/h8,10H,4-7H2,1-3H3. The Balaban J connectivity index is 2.14. The Morgan fingerprint density at radius 2 is 2.24 bits per heavy atom. The number of nitrogens with zero attached hydrogens (tertiary/aromatic N) is 2. The number of hydrogen-bond donors (Lipinski definition) is 0. The van der Waals surface area contributed by atoms with Crippen molar-refractivity contribution in [2.45, 2.75) is 46.6 Å². The van der Waals surface area contributed by atoms with Crippen molar-refractivity contribution in [3.63, 3.8) is 0 Å². The van der Waals surface area contributed by atoms with E-state index in [0.717, 1.165) is 17.9 Å². The van der Waals surface area contributed by atoms with E-state index in [1.807, 2.05) is 25.5 Å². The number of ketones is 1. The summed E-state index contributed by atoms with van der Waals surface area (Å²) in [6.45, 7) is 6.69. The number of halogens is 1. The Labute approximate surface area is 107 Å².